The Labute approximate surface area is 81.8 Å². The van der Waals surface area contributed by atoms with E-state index in [9.17, 15) is 0 Å². The van der Waals surface area contributed by atoms with E-state index in [1.165, 1.54) is 16.6 Å². The Hall–Kier alpha value is -0.0000000000000000833. The van der Waals surface area contributed by atoms with Gasteiger partial charge in [0.2, 0.25) is 0 Å². The molecule has 0 saturated heterocycles. The lowest BCUT2D eigenvalue weighted by Crippen LogP contribution is -2.03. The van der Waals surface area contributed by atoms with Crippen molar-refractivity contribution in [3.05, 3.63) is 20.8 Å². The molecule has 0 aliphatic rings. The lowest BCUT2D eigenvalue weighted by Gasteiger charge is -1.93. The zero-order valence-corrected chi connectivity index (χ0v) is 8.85. The SMILES string of the molecule is N=C(N)SCc1cc(Br)cs1. The molecule has 60 valence electrons. The number of amidine groups is 1. The fourth-order valence-electron chi connectivity index (χ4n) is 0.578. The van der Waals surface area contributed by atoms with E-state index in [0.29, 0.717) is 0 Å². The van der Waals surface area contributed by atoms with Gasteiger partial charge in [-0.1, -0.05) is 11.8 Å². The minimum atomic E-state index is 0.175. The molecule has 11 heavy (non-hydrogen) atoms. The van der Waals surface area contributed by atoms with Crippen molar-refractivity contribution in [3.63, 3.8) is 0 Å². The highest BCUT2D eigenvalue weighted by atomic mass is 79.9. The molecule has 1 heterocycles. The van der Waals surface area contributed by atoms with Gasteiger partial charge < -0.3 is 5.73 Å². The highest BCUT2D eigenvalue weighted by Crippen LogP contribution is 2.23. The van der Waals surface area contributed by atoms with Gasteiger partial charge in [-0.2, -0.15) is 0 Å². The Bertz CT molecular complexity index is 259. The van der Waals surface area contributed by atoms with Crippen molar-refractivity contribution < 1.29 is 0 Å². The second-order valence-electron chi connectivity index (χ2n) is 1.88. The van der Waals surface area contributed by atoms with Gasteiger partial charge >= 0.3 is 0 Å². The average molecular weight is 251 g/mol. The number of hydrogen-bond donors (Lipinski definition) is 2. The van der Waals surface area contributed by atoms with Gasteiger partial charge in [0, 0.05) is 20.5 Å². The molecule has 0 fully saturated rings. The van der Waals surface area contributed by atoms with Crippen LogP contribution >= 0.6 is 39.0 Å². The van der Waals surface area contributed by atoms with E-state index in [1.54, 1.807) is 11.3 Å². The van der Waals surface area contributed by atoms with Gasteiger partial charge in [0.1, 0.15) is 0 Å². The van der Waals surface area contributed by atoms with Crippen LogP contribution in [-0.2, 0) is 5.75 Å². The smallest absolute Gasteiger partial charge is 0.151 e. The summed E-state index contributed by atoms with van der Waals surface area (Å²) in [7, 11) is 0. The molecule has 0 unspecified atom stereocenters. The van der Waals surface area contributed by atoms with Crippen LogP contribution in [0, 0.1) is 5.41 Å². The molecular weight excluding hydrogens is 244 g/mol. The molecule has 0 amide bonds. The summed E-state index contributed by atoms with van der Waals surface area (Å²) in [6, 6.07) is 2.04. The van der Waals surface area contributed by atoms with Crippen LogP contribution in [-0.4, -0.2) is 5.17 Å². The van der Waals surface area contributed by atoms with Crippen LogP contribution in [0.4, 0.5) is 0 Å². The summed E-state index contributed by atoms with van der Waals surface area (Å²) in [5.41, 5.74) is 5.19. The molecule has 0 atom stereocenters. The first-order chi connectivity index (χ1) is 5.18. The fraction of sp³-hybridized carbons (Fsp3) is 0.167. The van der Waals surface area contributed by atoms with E-state index in [2.05, 4.69) is 15.9 Å². The summed E-state index contributed by atoms with van der Waals surface area (Å²) in [5.74, 6) is 0.797. The molecule has 0 bridgehead atoms. The first-order valence-corrected chi connectivity index (χ1v) is 5.54. The van der Waals surface area contributed by atoms with Gasteiger partial charge in [-0.15, -0.1) is 11.3 Å². The van der Waals surface area contributed by atoms with Gasteiger partial charge in [-0.05, 0) is 22.0 Å². The molecule has 5 heteroatoms. The molecule has 0 saturated carbocycles. The fourth-order valence-corrected chi connectivity index (χ4v) is 2.64. The summed E-state index contributed by atoms with van der Waals surface area (Å²) < 4.78 is 1.10. The number of nitrogens with two attached hydrogens (primary N) is 1. The predicted molar refractivity (Wildman–Crippen MR) is 55.2 cm³/mol. The summed E-state index contributed by atoms with van der Waals surface area (Å²) in [6.07, 6.45) is 0. The van der Waals surface area contributed by atoms with Gasteiger partial charge in [-0.25, -0.2) is 0 Å². The lowest BCUT2D eigenvalue weighted by atomic mass is 10.5. The molecule has 2 nitrogen and oxygen atoms in total. The third kappa shape index (κ3) is 3.27. The Morgan fingerprint density at radius 3 is 3.00 bits per heavy atom. The van der Waals surface area contributed by atoms with E-state index in [4.69, 9.17) is 11.1 Å². The summed E-state index contributed by atoms with van der Waals surface area (Å²) in [6.45, 7) is 0. The zero-order chi connectivity index (χ0) is 8.27. The predicted octanol–water partition coefficient (Wildman–Crippen LogP) is 2.64. The number of rotatable bonds is 2. The Morgan fingerprint density at radius 1 is 1.82 bits per heavy atom. The number of hydrogen-bond acceptors (Lipinski definition) is 3. The Morgan fingerprint density at radius 2 is 2.55 bits per heavy atom. The number of halogens is 1. The van der Waals surface area contributed by atoms with Gasteiger partial charge in [0.05, 0.1) is 0 Å². The lowest BCUT2D eigenvalue weighted by molar-refractivity contribution is 1.49. The summed E-state index contributed by atoms with van der Waals surface area (Å²) >= 11 is 6.38. The normalized spacial score (nSPS) is 9.91. The van der Waals surface area contributed by atoms with Gasteiger partial charge in [0.15, 0.2) is 5.17 Å². The van der Waals surface area contributed by atoms with Gasteiger partial charge in [-0.3, -0.25) is 5.41 Å². The van der Waals surface area contributed by atoms with Crippen LogP contribution in [0.3, 0.4) is 0 Å². The van der Waals surface area contributed by atoms with Crippen LogP contribution in [0.15, 0.2) is 15.9 Å². The third-order valence-corrected chi connectivity index (χ3v) is 3.64. The van der Waals surface area contributed by atoms with Crippen LogP contribution in [0.25, 0.3) is 0 Å². The number of thiophene rings is 1. The molecule has 1 aromatic heterocycles. The molecule has 1 aromatic rings. The average Bonchev–Trinajstić information content (AvgIpc) is 2.31. The highest BCUT2D eigenvalue weighted by Gasteiger charge is 1.98. The maximum Gasteiger partial charge on any atom is 0.151 e. The molecule has 1 rings (SSSR count). The Kier molecular flexibility index (Phi) is 3.42. The van der Waals surface area contributed by atoms with Crippen molar-refractivity contribution in [2.45, 2.75) is 5.75 Å². The summed E-state index contributed by atoms with van der Waals surface area (Å²) in [5, 5.41) is 9.18. The maximum atomic E-state index is 6.98. The molecule has 0 radical (unpaired) electrons. The molecule has 0 aliphatic heterocycles. The first kappa shape index (κ1) is 9.09. The van der Waals surface area contributed by atoms with Crippen molar-refractivity contribution in [1.82, 2.24) is 0 Å². The van der Waals surface area contributed by atoms with E-state index in [-0.39, 0.29) is 5.17 Å². The molecule has 0 aromatic carbocycles. The van der Waals surface area contributed by atoms with Crippen molar-refractivity contribution in [2.24, 2.45) is 5.73 Å². The van der Waals surface area contributed by atoms with Crippen molar-refractivity contribution in [1.29, 1.82) is 5.41 Å². The molecule has 0 spiro atoms. The maximum absolute atomic E-state index is 6.98. The highest BCUT2D eigenvalue weighted by molar-refractivity contribution is 9.10. The van der Waals surface area contributed by atoms with E-state index in [0.717, 1.165) is 10.2 Å². The monoisotopic (exact) mass is 250 g/mol. The van der Waals surface area contributed by atoms with Gasteiger partial charge in [0.25, 0.3) is 0 Å². The molecular formula is C6H7BrN2S2. The van der Waals surface area contributed by atoms with E-state index >= 15 is 0 Å². The topological polar surface area (TPSA) is 49.9 Å². The molecule has 3 N–H and O–H groups in total. The number of thioether (sulfide) groups is 1. The second kappa shape index (κ2) is 4.13. The van der Waals surface area contributed by atoms with Crippen LogP contribution in [0.1, 0.15) is 4.88 Å². The quantitative estimate of drug-likeness (QED) is 0.627. The second-order valence-corrected chi connectivity index (χ2v) is 4.81. The summed E-state index contributed by atoms with van der Waals surface area (Å²) in [4.78, 5) is 1.23. The first-order valence-electron chi connectivity index (χ1n) is 2.88. The van der Waals surface area contributed by atoms with Crippen molar-refractivity contribution in [2.75, 3.05) is 0 Å². The van der Waals surface area contributed by atoms with Crippen molar-refractivity contribution in [3.8, 4) is 0 Å². The number of nitrogens with one attached hydrogen (secondary N) is 1. The molecule has 0 aliphatic carbocycles. The largest absolute Gasteiger partial charge is 0.379 e. The minimum Gasteiger partial charge on any atom is -0.379 e. The van der Waals surface area contributed by atoms with Crippen LogP contribution in [0.2, 0.25) is 0 Å². The van der Waals surface area contributed by atoms with E-state index < -0.39 is 0 Å². The zero-order valence-electron chi connectivity index (χ0n) is 5.63. The Balaban J connectivity index is 2.45. The van der Waals surface area contributed by atoms with Crippen LogP contribution < -0.4 is 5.73 Å². The standard InChI is InChI=1S/C6H7BrN2S2/c7-4-1-5(10-2-4)3-11-6(8)9/h1-2H,3H2,(H3,8,9). The van der Waals surface area contributed by atoms with E-state index in [1.807, 2.05) is 11.4 Å². The minimum absolute atomic E-state index is 0.175. The van der Waals surface area contributed by atoms with Crippen LogP contribution in [0.5, 0.6) is 0 Å². The third-order valence-electron chi connectivity index (χ3n) is 0.992. The van der Waals surface area contributed by atoms with Crippen molar-refractivity contribution >= 4 is 44.2 Å².